The predicted molar refractivity (Wildman–Crippen MR) is 150 cm³/mol. The van der Waals surface area contributed by atoms with E-state index in [2.05, 4.69) is 26.6 Å². The number of carbonyl (C=O) groups is 8. The number of carbonyl (C=O) groups excluding carboxylic acids is 6. The van der Waals surface area contributed by atoms with Crippen LogP contribution in [0.2, 0.25) is 0 Å². The molecule has 0 saturated heterocycles. The number of aliphatic carboxylic acids is 2. The summed E-state index contributed by atoms with van der Waals surface area (Å²) in [5.74, 6) is -8.74. The topological polar surface area (TPSA) is 309 Å². The van der Waals surface area contributed by atoms with Gasteiger partial charge in [-0.1, -0.05) is 30.3 Å². The number of amides is 6. The Labute approximate surface area is 251 Å². The van der Waals surface area contributed by atoms with Crippen LogP contribution in [-0.4, -0.2) is 106 Å². The van der Waals surface area contributed by atoms with Crippen molar-refractivity contribution >= 4 is 47.4 Å². The summed E-state index contributed by atoms with van der Waals surface area (Å²) in [6.45, 7) is 1.71. The fraction of sp³-hybridized carbons (Fsp3) is 0.462. The van der Waals surface area contributed by atoms with Crippen LogP contribution in [0.1, 0.15) is 32.3 Å². The highest BCUT2D eigenvalue weighted by molar-refractivity contribution is 5.97. The highest BCUT2D eigenvalue weighted by Gasteiger charge is 2.31. The lowest BCUT2D eigenvalue weighted by Crippen LogP contribution is -2.58. The van der Waals surface area contributed by atoms with Crippen molar-refractivity contribution in [3.05, 3.63) is 35.9 Å². The Balaban J connectivity index is 2.95. The van der Waals surface area contributed by atoms with Gasteiger partial charge < -0.3 is 53.4 Å². The standard InChI is InChI=1S/C26H37N7O11/c1-12(30-24(41)17(10-20(36)37)32-23(40)15(27)11-34)21(38)29-13(2)22(39)31-16(8-14-6-4-3-5-7-14)25(42)33-18(26(43)44)9-19(28)35/h3-7,12-13,15-18,34H,8-11,27H2,1-2H3,(H2,28,35)(H,29,38)(H,30,41)(H,31,39)(H,32,40)(H,33,42)(H,36,37)(H,43,44)/t12-,13-,15-,16-,17-,18-/m0/s1. The van der Waals surface area contributed by atoms with E-state index in [4.69, 9.17) is 21.7 Å². The van der Waals surface area contributed by atoms with Crippen LogP contribution in [0.15, 0.2) is 30.3 Å². The third-order valence-electron chi connectivity index (χ3n) is 5.98. The zero-order valence-corrected chi connectivity index (χ0v) is 23.9. The van der Waals surface area contributed by atoms with Gasteiger partial charge in [-0.2, -0.15) is 0 Å². The summed E-state index contributed by atoms with van der Waals surface area (Å²) in [5, 5.41) is 38.6. The lowest BCUT2D eigenvalue weighted by atomic mass is 10.0. The van der Waals surface area contributed by atoms with Crippen LogP contribution in [0.5, 0.6) is 0 Å². The maximum atomic E-state index is 13.0. The zero-order chi connectivity index (χ0) is 33.6. The first-order valence-electron chi connectivity index (χ1n) is 13.2. The highest BCUT2D eigenvalue weighted by atomic mass is 16.4. The summed E-state index contributed by atoms with van der Waals surface area (Å²) in [4.78, 5) is 97.0. The van der Waals surface area contributed by atoms with Gasteiger partial charge in [-0.05, 0) is 19.4 Å². The van der Waals surface area contributed by atoms with Gasteiger partial charge in [0.1, 0.15) is 36.3 Å². The SMILES string of the molecule is C[C@H](NC(=O)[C@H](C)NC(=O)[C@H](CC(=O)O)NC(=O)[C@@H](N)CO)C(=O)N[C@@H](Cc1ccccc1)C(=O)N[C@@H](CC(N)=O)C(=O)O. The van der Waals surface area contributed by atoms with Crippen LogP contribution in [0.25, 0.3) is 0 Å². The monoisotopic (exact) mass is 623 g/mol. The van der Waals surface area contributed by atoms with E-state index in [9.17, 15) is 43.5 Å². The van der Waals surface area contributed by atoms with Crippen molar-refractivity contribution in [2.24, 2.45) is 11.5 Å². The van der Waals surface area contributed by atoms with Crippen LogP contribution in [0, 0.1) is 0 Å². The van der Waals surface area contributed by atoms with Crippen molar-refractivity contribution in [2.75, 3.05) is 6.61 Å². The number of nitrogens with two attached hydrogens (primary N) is 2. The summed E-state index contributed by atoms with van der Waals surface area (Å²) in [6, 6.07) is -0.361. The first-order valence-corrected chi connectivity index (χ1v) is 13.2. The Morgan fingerprint density at radius 2 is 1.16 bits per heavy atom. The number of carboxylic acids is 2. The van der Waals surface area contributed by atoms with E-state index in [0.29, 0.717) is 5.56 Å². The van der Waals surface area contributed by atoms with E-state index in [1.807, 2.05) is 0 Å². The molecule has 1 aromatic rings. The molecule has 1 aromatic carbocycles. The normalized spacial score (nSPS) is 14.7. The summed E-state index contributed by atoms with van der Waals surface area (Å²) in [6.07, 6.45) is -1.66. The molecule has 242 valence electrons. The molecule has 6 atom stereocenters. The van der Waals surface area contributed by atoms with Crippen molar-refractivity contribution in [2.45, 2.75) is 69.4 Å². The fourth-order valence-corrected chi connectivity index (χ4v) is 3.56. The van der Waals surface area contributed by atoms with Crippen LogP contribution in [-0.2, 0) is 44.8 Å². The Morgan fingerprint density at radius 1 is 0.682 bits per heavy atom. The Hall–Kier alpha value is -5.10. The fourth-order valence-electron chi connectivity index (χ4n) is 3.56. The van der Waals surface area contributed by atoms with E-state index in [-0.39, 0.29) is 6.42 Å². The highest BCUT2D eigenvalue weighted by Crippen LogP contribution is 2.06. The van der Waals surface area contributed by atoms with Crippen LogP contribution in [0.3, 0.4) is 0 Å². The van der Waals surface area contributed by atoms with Gasteiger partial charge in [0.05, 0.1) is 19.4 Å². The first kappa shape index (κ1) is 36.9. The molecule has 6 amide bonds. The van der Waals surface area contributed by atoms with E-state index in [1.165, 1.54) is 13.8 Å². The summed E-state index contributed by atoms with van der Waals surface area (Å²) >= 11 is 0. The minimum absolute atomic E-state index is 0.0922. The second-order valence-electron chi connectivity index (χ2n) is 9.73. The Morgan fingerprint density at radius 3 is 1.66 bits per heavy atom. The molecule has 0 spiro atoms. The molecule has 12 N–H and O–H groups in total. The first-order chi connectivity index (χ1) is 20.5. The number of nitrogens with one attached hydrogen (secondary N) is 5. The molecule has 18 heteroatoms. The largest absolute Gasteiger partial charge is 0.481 e. The van der Waals surface area contributed by atoms with E-state index in [0.717, 1.165) is 0 Å². The molecule has 0 unspecified atom stereocenters. The third-order valence-corrected chi connectivity index (χ3v) is 5.98. The van der Waals surface area contributed by atoms with Gasteiger partial charge in [-0.15, -0.1) is 0 Å². The maximum Gasteiger partial charge on any atom is 0.326 e. The molecule has 0 aliphatic heterocycles. The molecule has 1 rings (SSSR count). The van der Waals surface area contributed by atoms with Crippen molar-refractivity contribution in [1.82, 2.24) is 26.6 Å². The van der Waals surface area contributed by atoms with Crippen LogP contribution >= 0.6 is 0 Å². The minimum Gasteiger partial charge on any atom is -0.481 e. The Bertz CT molecular complexity index is 1230. The second kappa shape index (κ2) is 17.8. The van der Waals surface area contributed by atoms with Crippen molar-refractivity contribution in [3.63, 3.8) is 0 Å². The zero-order valence-electron chi connectivity index (χ0n) is 23.9. The molecule has 0 aliphatic carbocycles. The predicted octanol–water partition coefficient (Wildman–Crippen LogP) is -4.55. The van der Waals surface area contributed by atoms with Crippen LogP contribution < -0.4 is 38.1 Å². The van der Waals surface area contributed by atoms with Crippen LogP contribution in [0.4, 0.5) is 0 Å². The number of hydrogen-bond donors (Lipinski definition) is 10. The number of benzene rings is 1. The molecule has 0 aromatic heterocycles. The number of primary amides is 1. The molecule has 0 radical (unpaired) electrons. The number of carboxylic acid groups (broad SMARTS) is 2. The molecular weight excluding hydrogens is 586 g/mol. The number of hydrogen-bond acceptors (Lipinski definition) is 10. The lowest BCUT2D eigenvalue weighted by Gasteiger charge is -2.24. The van der Waals surface area contributed by atoms with Gasteiger partial charge >= 0.3 is 11.9 Å². The number of aliphatic hydroxyl groups is 1. The molecule has 18 nitrogen and oxygen atoms in total. The molecule has 44 heavy (non-hydrogen) atoms. The third kappa shape index (κ3) is 12.8. The molecule has 0 saturated carbocycles. The van der Waals surface area contributed by atoms with Gasteiger partial charge in [0.2, 0.25) is 35.4 Å². The van der Waals surface area contributed by atoms with Crippen molar-refractivity contribution in [1.29, 1.82) is 0 Å². The van der Waals surface area contributed by atoms with Gasteiger partial charge in [-0.3, -0.25) is 33.6 Å². The lowest BCUT2D eigenvalue weighted by molar-refractivity contribution is -0.143. The van der Waals surface area contributed by atoms with E-state index in [1.54, 1.807) is 30.3 Å². The van der Waals surface area contributed by atoms with Crippen molar-refractivity contribution < 1.29 is 53.7 Å². The number of rotatable bonds is 18. The molecule has 0 aliphatic rings. The quantitative estimate of drug-likeness (QED) is 0.0739. The summed E-state index contributed by atoms with van der Waals surface area (Å²) in [5.41, 5.74) is 11.0. The summed E-state index contributed by atoms with van der Waals surface area (Å²) in [7, 11) is 0. The van der Waals surface area contributed by atoms with E-state index < -0.39 is 103 Å². The smallest absolute Gasteiger partial charge is 0.326 e. The van der Waals surface area contributed by atoms with Gasteiger partial charge in [0.15, 0.2) is 0 Å². The average Bonchev–Trinajstić information content (AvgIpc) is 2.95. The minimum atomic E-state index is -1.66. The number of aliphatic hydroxyl groups excluding tert-OH is 1. The van der Waals surface area contributed by atoms with Crippen molar-refractivity contribution in [3.8, 4) is 0 Å². The molecule has 0 fully saturated rings. The van der Waals surface area contributed by atoms with Gasteiger partial charge in [0.25, 0.3) is 0 Å². The summed E-state index contributed by atoms with van der Waals surface area (Å²) < 4.78 is 0. The van der Waals surface area contributed by atoms with Gasteiger partial charge in [0, 0.05) is 6.42 Å². The van der Waals surface area contributed by atoms with Gasteiger partial charge in [-0.25, -0.2) is 4.79 Å². The Kier molecular flexibility index (Phi) is 14.9. The molecule has 0 heterocycles. The maximum absolute atomic E-state index is 13.0. The van der Waals surface area contributed by atoms with E-state index >= 15 is 0 Å². The molecule has 0 bridgehead atoms. The average molecular weight is 624 g/mol. The molecular formula is C26H37N7O11. The second-order valence-corrected chi connectivity index (χ2v) is 9.73.